The molecule has 2 amide bonds. The van der Waals surface area contributed by atoms with Crippen molar-refractivity contribution in [2.45, 2.75) is 0 Å². The van der Waals surface area contributed by atoms with Gasteiger partial charge < -0.3 is 20.3 Å². The van der Waals surface area contributed by atoms with E-state index in [0.29, 0.717) is 16.8 Å². The first-order chi connectivity index (χ1) is 16.2. The number of carbonyl (C=O) groups excluding carboxylic acids is 2. The van der Waals surface area contributed by atoms with Crippen LogP contribution >= 0.6 is 0 Å². The quantitative estimate of drug-likeness (QED) is 0.293. The molecular formula is C26H23FN4O3. The minimum atomic E-state index is -0.795. The second kappa shape index (κ2) is 10.3. The van der Waals surface area contributed by atoms with Gasteiger partial charge in [-0.1, -0.05) is 18.1 Å². The van der Waals surface area contributed by atoms with Gasteiger partial charge in [0, 0.05) is 30.9 Å². The summed E-state index contributed by atoms with van der Waals surface area (Å²) < 4.78 is 20.0. The molecule has 3 aromatic rings. The molecule has 3 aromatic carbocycles. The van der Waals surface area contributed by atoms with E-state index < -0.39 is 17.6 Å². The number of ether oxygens (including phenoxy) is 1. The lowest BCUT2D eigenvalue weighted by Crippen LogP contribution is -2.23. The van der Waals surface area contributed by atoms with Crippen LogP contribution in [0.5, 0.6) is 5.75 Å². The molecule has 7 nitrogen and oxygen atoms in total. The van der Waals surface area contributed by atoms with E-state index in [2.05, 4.69) is 16.6 Å². The van der Waals surface area contributed by atoms with Crippen molar-refractivity contribution in [1.29, 1.82) is 5.41 Å². The van der Waals surface area contributed by atoms with Crippen LogP contribution in [-0.4, -0.2) is 43.8 Å². The van der Waals surface area contributed by atoms with Gasteiger partial charge in [-0.05, 0) is 48.5 Å². The Kier molecular flexibility index (Phi) is 7.29. The maximum atomic E-state index is 14.7. The van der Waals surface area contributed by atoms with Gasteiger partial charge in [-0.2, -0.15) is 0 Å². The number of amides is 2. The van der Waals surface area contributed by atoms with Crippen molar-refractivity contribution in [1.82, 2.24) is 4.90 Å². The van der Waals surface area contributed by atoms with Gasteiger partial charge in [-0.15, -0.1) is 6.42 Å². The monoisotopic (exact) mass is 458 g/mol. The number of para-hydroxylation sites is 1. The van der Waals surface area contributed by atoms with Crippen LogP contribution in [0.4, 0.5) is 15.8 Å². The molecule has 34 heavy (non-hydrogen) atoms. The highest BCUT2D eigenvalue weighted by molar-refractivity contribution is 6.14. The molecule has 0 atom stereocenters. The molecule has 8 heteroatoms. The molecule has 0 heterocycles. The Balaban J connectivity index is 1.89. The van der Waals surface area contributed by atoms with Crippen LogP contribution in [0.1, 0.15) is 31.8 Å². The van der Waals surface area contributed by atoms with Gasteiger partial charge >= 0.3 is 0 Å². The van der Waals surface area contributed by atoms with Gasteiger partial charge in [0.15, 0.2) is 0 Å². The first kappa shape index (κ1) is 24.0. The summed E-state index contributed by atoms with van der Waals surface area (Å²) in [4.78, 5) is 27.4. The lowest BCUT2D eigenvalue weighted by atomic mass is 10.1. The lowest BCUT2D eigenvalue weighted by molar-refractivity contribution is 0.102. The zero-order chi connectivity index (χ0) is 24.8. The average Bonchev–Trinajstić information content (AvgIpc) is 2.83. The Hall–Kier alpha value is -4.64. The van der Waals surface area contributed by atoms with Crippen LogP contribution in [0.15, 0.2) is 60.7 Å². The normalized spacial score (nSPS) is 10.1. The Morgan fingerprint density at radius 1 is 1.00 bits per heavy atom. The second-order valence-corrected chi connectivity index (χ2v) is 7.45. The van der Waals surface area contributed by atoms with Crippen LogP contribution in [0, 0.1) is 23.6 Å². The Labute approximate surface area is 197 Å². The van der Waals surface area contributed by atoms with Crippen LogP contribution < -0.4 is 15.4 Å². The highest BCUT2D eigenvalue weighted by Crippen LogP contribution is 2.30. The SMILES string of the molecule is C#Cc1ccc(NC(=O)c2cccc(OC)c2NC(=O)c2ccc(C(=N)N(C)C)cc2F)cc1. The van der Waals surface area contributed by atoms with E-state index >= 15 is 0 Å². The number of nitrogens with zero attached hydrogens (tertiary/aromatic N) is 1. The minimum absolute atomic E-state index is 0.0947. The number of nitrogens with one attached hydrogen (secondary N) is 3. The first-order valence-electron chi connectivity index (χ1n) is 10.2. The summed E-state index contributed by atoms with van der Waals surface area (Å²) in [7, 11) is 4.73. The summed E-state index contributed by atoms with van der Waals surface area (Å²) in [5, 5.41) is 13.3. The lowest BCUT2D eigenvalue weighted by Gasteiger charge is -2.16. The van der Waals surface area contributed by atoms with Crippen molar-refractivity contribution < 1.29 is 18.7 Å². The van der Waals surface area contributed by atoms with E-state index in [4.69, 9.17) is 16.6 Å². The highest BCUT2D eigenvalue weighted by atomic mass is 19.1. The predicted molar refractivity (Wildman–Crippen MR) is 130 cm³/mol. The van der Waals surface area contributed by atoms with Gasteiger partial charge in [-0.3, -0.25) is 15.0 Å². The van der Waals surface area contributed by atoms with Crippen molar-refractivity contribution in [3.05, 3.63) is 88.7 Å². The summed E-state index contributed by atoms with van der Waals surface area (Å²) in [6, 6.07) is 15.3. The minimum Gasteiger partial charge on any atom is -0.495 e. The molecular weight excluding hydrogens is 435 g/mol. The van der Waals surface area contributed by atoms with Gasteiger partial charge in [0.05, 0.1) is 23.9 Å². The summed E-state index contributed by atoms with van der Waals surface area (Å²) in [6.07, 6.45) is 5.35. The van der Waals surface area contributed by atoms with Gasteiger partial charge in [-0.25, -0.2) is 4.39 Å². The third-order valence-electron chi connectivity index (χ3n) is 4.97. The molecule has 0 radical (unpaired) electrons. The van der Waals surface area contributed by atoms with E-state index in [0.717, 1.165) is 6.07 Å². The number of amidine groups is 1. The number of rotatable bonds is 6. The third kappa shape index (κ3) is 5.22. The average molecular weight is 458 g/mol. The number of hydrogen-bond donors (Lipinski definition) is 3. The first-order valence-corrected chi connectivity index (χ1v) is 10.2. The number of benzene rings is 3. The van der Waals surface area contributed by atoms with Crippen LogP contribution in [0.3, 0.4) is 0 Å². The van der Waals surface area contributed by atoms with E-state index in [1.165, 1.54) is 30.2 Å². The molecule has 0 bridgehead atoms. The summed E-state index contributed by atoms with van der Waals surface area (Å²) in [5.74, 6) is 0.768. The Morgan fingerprint density at radius 3 is 2.26 bits per heavy atom. The number of hydrogen-bond acceptors (Lipinski definition) is 4. The van der Waals surface area contributed by atoms with E-state index in [1.807, 2.05) is 0 Å². The largest absolute Gasteiger partial charge is 0.495 e. The molecule has 0 saturated carbocycles. The highest BCUT2D eigenvalue weighted by Gasteiger charge is 2.21. The van der Waals surface area contributed by atoms with Crippen molar-refractivity contribution in [2.75, 3.05) is 31.8 Å². The Morgan fingerprint density at radius 2 is 1.68 bits per heavy atom. The summed E-state index contributed by atoms with van der Waals surface area (Å²) in [6.45, 7) is 0. The zero-order valence-corrected chi connectivity index (χ0v) is 18.9. The predicted octanol–water partition coefficient (Wildman–Crippen LogP) is 4.21. The molecule has 0 spiro atoms. The molecule has 0 aromatic heterocycles. The second-order valence-electron chi connectivity index (χ2n) is 7.45. The van der Waals surface area contributed by atoms with Gasteiger partial charge in [0.25, 0.3) is 11.8 Å². The number of terminal acetylenes is 1. The Bertz CT molecular complexity index is 1290. The third-order valence-corrected chi connectivity index (χ3v) is 4.97. The maximum absolute atomic E-state index is 14.7. The molecule has 0 aliphatic rings. The van der Waals surface area contributed by atoms with Crippen molar-refractivity contribution in [3.63, 3.8) is 0 Å². The fourth-order valence-electron chi connectivity index (χ4n) is 3.15. The molecule has 0 aliphatic heterocycles. The van der Waals surface area contributed by atoms with E-state index in [9.17, 15) is 14.0 Å². The van der Waals surface area contributed by atoms with Gasteiger partial charge in [0.1, 0.15) is 17.4 Å². The van der Waals surface area contributed by atoms with Crippen LogP contribution in [0.2, 0.25) is 0 Å². The molecule has 0 unspecified atom stereocenters. The molecule has 3 N–H and O–H groups in total. The number of methoxy groups -OCH3 is 1. The molecule has 0 fully saturated rings. The van der Waals surface area contributed by atoms with Crippen LogP contribution in [0.25, 0.3) is 0 Å². The number of anilines is 2. The van der Waals surface area contributed by atoms with Crippen LogP contribution in [-0.2, 0) is 0 Å². The fraction of sp³-hybridized carbons (Fsp3) is 0.115. The fourth-order valence-corrected chi connectivity index (χ4v) is 3.15. The zero-order valence-electron chi connectivity index (χ0n) is 18.9. The topological polar surface area (TPSA) is 94.5 Å². The molecule has 0 aliphatic carbocycles. The smallest absolute Gasteiger partial charge is 0.258 e. The van der Waals surface area contributed by atoms with Crippen molar-refractivity contribution in [3.8, 4) is 18.1 Å². The van der Waals surface area contributed by atoms with Crippen molar-refractivity contribution in [2.24, 2.45) is 0 Å². The number of halogens is 1. The molecule has 172 valence electrons. The van der Waals surface area contributed by atoms with E-state index in [-0.39, 0.29) is 28.4 Å². The molecule has 0 saturated heterocycles. The van der Waals surface area contributed by atoms with Gasteiger partial charge in [0.2, 0.25) is 0 Å². The summed E-state index contributed by atoms with van der Waals surface area (Å²) in [5.41, 5.74) is 1.48. The number of carbonyl (C=O) groups is 2. The standard InChI is InChI=1S/C26H23FN4O3/c1-5-16-9-12-18(13-10-16)29-26(33)20-7-6-8-22(34-4)23(20)30-25(32)19-14-11-17(15-21(19)27)24(28)31(2)3/h1,6-15,28H,2-4H3,(H,29,33)(H,30,32). The summed E-state index contributed by atoms with van der Waals surface area (Å²) >= 11 is 0. The molecule has 3 rings (SSSR count). The maximum Gasteiger partial charge on any atom is 0.258 e. The van der Waals surface area contributed by atoms with Crippen molar-refractivity contribution >= 4 is 29.0 Å². The van der Waals surface area contributed by atoms with E-state index in [1.54, 1.807) is 50.5 Å².